The van der Waals surface area contributed by atoms with Gasteiger partial charge in [-0.1, -0.05) is 29.8 Å². The van der Waals surface area contributed by atoms with E-state index in [0.717, 1.165) is 16.8 Å². The Morgan fingerprint density at radius 1 is 1.19 bits per heavy atom. The molecule has 106 valence electrons. The van der Waals surface area contributed by atoms with Crippen molar-refractivity contribution in [1.82, 2.24) is 14.8 Å². The maximum Gasteiger partial charge on any atom is 0.276 e. The first kappa shape index (κ1) is 13.6. The molecule has 1 aromatic carbocycles. The van der Waals surface area contributed by atoms with Gasteiger partial charge in [0.1, 0.15) is 0 Å². The van der Waals surface area contributed by atoms with E-state index in [1.165, 1.54) is 4.68 Å². The third-order valence-electron chi connectivity index (χ3n) is 3.37. The smallest absolute Gasteiger partial charge is 0.276 e. The Balaban J connectivity index is 1.99. The van der Waals surface area contributed by atoms with Crippen LogP contribution in [0.3, 0.4) is 0 Å². The Morgan fingerprint density at radius 2 is 1.95 bits per heavy atom. The molecule has 4 nitrogen and oxygen atoms in total. The van der Waals surface area contributed by atoms with E-state index in [2.05, 4.69) is 10.1 Å². The Bertz CT molecular complexity index is 804. The van der Waals surface area contributed by atoms with Crippen LogP contribution in [0, 0.1) is 6.92 Å². The fourth-order valence-corrected chi connectivity index (χ4v) is 2.37. The van der Waals surface area contributed by atoms with Crippen LogP contribution < -0.4 is 5.56 Å². The molecule has 0 unspecified atom stereocenters. The molecule has 0 radical (unpaired) electrons. The number of rotatable bonds is 3. The first-order valence-electron chi connectivity index (χ1n) is 6.61. The standard InChI is InChI=1S/C16H14ClN3O/c1-11-14(10-12-5-7-13(17)8-6-12)16(21)20(19-11)15-4-2-3-9-18-15/h2-9,19H,10H2,1H3. The van der Waals surface area contributed by atoms with E-state index in [1.54, 1.807) is 12.3 Å². The van der Waals surface area contributed by atoms with Gasteiger partial charge in [-0.05, 0) is 36.8 Å². The van der Waals surface area contributed by atoms with Gasteiger partial charge in [-0.25, -0.2) is 9.67 Å². The average molecular weight is 300 g/mol. The van der Waals surface area contributed by atoms with Crippen molar-refractivity contribution in [2.24, 2.45) is 0 Å². The molecule has 0 aliphatic heterocycles. The third-order valence-corrected chi connectivity index (χ3v) is 3.62. The summed E-state index contributed by atoms with van der Waals surface area (Å²) in [4.78, 5) is 16.7. The first-order chi connectivity index (χ1) is 10.1. The molecule has 2 heterocycles. The van der Waals surface area contributed by atoms with Gasteiger partial charge in [0, 0.05) is 28.9 Å². The molecule has 3 rings (SSSR count). The number of hydrogen-bond donors (Lipinski definition) is 1. The molecule has 0 saturated carbocycles. The monoisotopic (exact) mass is 299 g/mol. The molecule has 3 aromatic rings. The van der Waals surface area contributed by atoms with Crippen LogP contribution in [0.4, 0.5) is 0 Å². The van der Waals surface area contributed by atoms with Gasteiger partial charge in [0.2, 0.25) is 0 Å². The van der Waals surface area contributed by atoms with Gasteiger partial charge >= 0.3 is 0 Å². The Labute approximate surface area is 127 Å². The normalized spacial score (nSPS) is 10.8. The van der Waals surface area contributed by atoms with E-state index < -0.39 is 0 Å². The summed E-state index contributed by atoms with van der Waals surface area (Å²) in [7, 11) is 0. The number of pyridine rings is 1. The number of aryl methyl sites for hydroxylation is 1. The predicted octanol–water partition coefficient (Wildman–Crippen LogP) is 3.11. The van der Waals surface area contributed by atoms with Crippen molar-refractivity contribution >= 4 is 11.6 Å². The second-order valence-corrected chi connectivity index (χ2v) is 5.28. The largest absolute Gasteiger partial charge is 0.294 e. The average Bonchev–Trinajstić information content (AvgIpc) is 2.78. The molecule has 0 amide bonds. The van der Waals surface area contributed by atoms with Crippen LogP contribution in [0.15, 0.2) is 53.5 Å². The molecular formula is C16H14ClN3O. The number of nitrogens with one attached hydrogen (secondary N) is 1. The van der Waals surface area contributed by atoms with Crippen molar-refractivity contribution in [2.45, 2.75) is 13.3 Å². The zero-order chi connectivity index (χ0) is 14.8. The number of H-pyrrole nitrogens is 1. The molecule has 0 bridgehead atoms. The van der Waals surface area contributed by atoms with Crippen molar-refractivity contribution < 1.29 is 0 Å². The summed E-state index contributed by atoms with van der Waals surface area (Å²) in [6, 6.07) is 13.0. The van der Waals surface area contributed by atoms with Crippen molar-refractivity contribution in [2.75, 3.05) is 0 Å². The summed E-state index contributed by atoms with van der Waals surface area (Å²) < 4.78 is 1.47. The predicted molar refractivity (Wildman–Crippen MR) is 83.2 cm³/mol. The maximum atomic E-state index is 12.5. The lowest BCUT2D eigenvalue weighted by Crippen LogP contribution is -2.18. The van der Waals surface area contributed by atoms with Crippen LogP contribution in [-0.4, -0.2) is 14.8 Å². The van der Waals surface area contributed by atoms with Crippen molar-refractivity contribution in [3.05, 3.63) is 80.9 Å². The highest BCUT2D eigenvalue weighted by atomic mass is 35.5. The summed E-state index contributed by atoms with van der Waals surface area (Å²) in [6.45, 7) is 1.89. The molecule has 0 atom stereocenters. The maximum absolute atomic E-state index is 12.5. The molecule has 21 heavy (non-hydrogen) atoms. The van der Waals surface area contributed by atoms with Gasteiger partial charge in [0.15, 0.2) is 5.82 Å². The highest BCUT2D eigenvalue weighted by Crippen LogP contribution is 2.14. The third kappa shape index (κ3) is 2.76. The fraction of sp³-hybridized carbons (Fsp3) is 0.125. The number of aromatic nitrogens is 3. The van der Waals surface area contributed by atoms with Crippen LogP contribution >= 0.6 is 11.6 Å². The van der Waals surface area contributed by atoms with E-state index >= 15 is 0 Å². The van der Waals surface area contributed by atoms with Crippen LogP contribution in [0.5, 0.6) is 0 Å². The Kier molecular flexibility index (Phi) is 3.62. The second-order valence-electron chi connectivity index (χ2n) is 4.85. The second kappa shape index (κ2) is 5.58. The summed E-state index contributed by atoms with van der Waals surface area (Å²) in [5, 5.41) is 3.77. The lowest BCUT2D eigenvalue weighted by Gasteiger charge is -1.99. The highest BCUT2D eigenvalue weighted by molar-refractivity contribution is 6.30. The Morgan fingerprint density at radius 3 is 2.62 bits per heavy atom. The van der Waals surface area contributed by atoms with Crippen molar-refractivity contribution in [3.63, 3.8) is 0 Å². The zero-order valence-corrected chi connectivity index (χ0v) is 12.3. The van der Waals surface area contributed by atoms with Gasteiger partial charge in [-0.15, -0.1) is 0 Å². The van der Waals surface area contributed by atoms with Gasteiger partial charge < -0.3 is 0 Å². The molecule has 0 fully saturated rings. The van der Waals surface area contributed by atoms with E-state index in [4.69, 9.17) is 11.6 Å². The van der Waals surface area contributed by atoms with Gasteiger partial charge in [0.25, 0.3) is 5.56 Å². The minimum absolute atomic E-state index is 0.0684. The van der Waals surface area contributed by atoms with E-state index in [-0.39, 0.29) is 5.56 Å². The molecule has 0 aliphatic carbocycles. The van der Waals surface area contributed by atoms with E-state index in [1.807, 2.05) is 43.3 Å². The lowest BCUT2D eigenvalue weighted by atomic mass is 10.1. The van der Waals surface area contributed by atoms with Crippen LogP contribution in [-0.2, 0) is 6.42 Å². The zero-order valence-electron chi connectivity index (χ0n) is 11.5. The van der Waals surface area contributed by atoms with Gasteiger partial charge in [0.05, 0.1) is 0 Å². The lowest BCUT2D eigenvalue weighted by molar-refractivity contribution is 0.806. The number of halogens is 1. The molecule has 0 aliphatic rings. The quantitative estimate of drug-likeness (QED) is 0.808. The fourth-order valence-electron chi connectivity index (χ4n) is 2.24. The molecule has 5 heteroatoms. The van der Waals surface area contributed by atoms with Crippen molar-refractivity contribution in [1.29, 1.82) is 0 Å². The summed E-state index contributed by atoms with van der Waals surface area (Å²) in [5.41, 5.74) is 2.57. The molecule has 0 spiro atoms. The van der Waals surface area contributed by atoms with Gasteiger partial charge in [-0.3, -0.25) is 9.89 Å². The van der Waals surface area contributed by atoms with Crippen LogP contribution in [0.25, 0.3) is 5.82 Å². The molecule has 1 N–H and O–H groups in total. The number of hydrogen-bond acceptors (Lipinski definition) is 2. The highest BCUT2D eigenvalue weighted by Gasteiger charge is 2.13. The number of aromatic amines is 1. The molecular weight excluding hydrogens is 286 g/mol. The topological polar surface area (TPSA) is 50.7 Å². The molecule has 0 saturated heterocycles. The summed E-state index contributed by atoms with van der Waals surface area (Å²) >= 11 is 5.88. The van der Waals surface area contributed by atoms with E-state index in [9.17, 15) is 4.79 Å². The minimum atomic E-state index is -0.0684. The van der Waals surface area contributed by atoms with Crippen LogP contribution in [0.2, 0.25) is 5.02 Å². The SMILES string of the molecule is Cc1[nH]n(-c2ccccn2)c(=O)c1Cc1ccc(Cl)cc1. The summed E-state index contributed by atoms with van der Waals surface area (Å²) in [5.74, 6) is 0.591. The van der Waals surface area contributed by atoms with Crippen LogP contribution in [0.1, 0.15) is 16.8 Å². The summed E-state index contributed by atoms with van der Waals surface area (Å²) in [6.07, 6.45) is 2.23. The number of nitrogens with zero attached hydrogens (tertiary/aromatic N) is 2. The first-order valence-corrected chi connectivity index (χ1v) is 6.99. The Hall–Kier alpha value is -2.33. The van der Waals surface area contributed by atoms with Gasteiger partial charge in [-0.2, -0.15) is 0 Å². The van der Waals surface area contributed by atoms with Crippen molar-refractivity contribution in [3.8, 4) is 5.82 Å². The number of benzene rings is 1. The van der Waals surface area contributed by atoms with E-state index in [0.29, 0.717) is 17.3 Å². The molecule has 2 aromatic heterocycles. The minimum Gasteiger partial charge on any atom is -0.294 e.